The summed E-state index contributed by atoms with van der Waals surface area (Å²) in [4.78, 5) is 24.7. The van der Waals surface area contributed by atoms with E-state index in [9.17, 15) is 18.0 Å². The Bertz CT molecular complexity index is 864. The Morgan fingerprint density at radius 3 is 2.54 bits per heavy atom. The Balaban J connectivity index is 1.34. The molecule has 2 saturated carbocycles. The monoisotopic (exact) mass is 405 g/mol. The first-order valence-corrected chi connectivity index (χ1v) is 11.6. The highest BCUT2D eigenvalue weighted by atomic mass is 32.2. The lowest BCUT2D eigenvalue weighted by atomic mass is 9.86. The maximum absolute atomic E-state index is 12.7. The normalized spacial score (nSPS) is 27.1. The van der Waals surface area contributed by atoms with Crippen molar-refractivity contribution in [2.75, 3.05) is 13.1 Å². The lowest BCUT2D eigenvalue weighted by Gasteiger charge is -2.21. The van der Waals surface area contributed by atoms with Crippen molar-refractivity contribution in [2.45, 2.75) is 49.8 Å². The number of benzene rings is 1. The fraction of sp³-hybridized carbons (Fsp3) is 0.600. The molecule has 1 aromatic carbocycles. The van der Waals surface area contributed by atoms with Crippen LogP contribution in [-0.2, 0) is 14.8 Å². The largest absolute Gasteiger partial charge is 0.273 e. The molecule has 2 bridgehead atoms. The van der Waals surface area contributed by atoms with E-state index in [1.807, 2.05) is 0 Å². The molecule has 0 spiro atoms. The molecule has 7 nitrogen and oxygen atoms in total. The fourth-order valence-corrected chi connectivity index (χ4v) is 6.55. The van der Waals surface area contributed by atoms with Gasteiger partial charge >= 0.3 is 0 Å². The van der Waals surface area contributed by atoms with Crippen LogP contribution in [0.4, 0.5) is 0 Å². The number of nitrogens with zero attached hydrogens (tertiary/aromatic N) is 1. The third-order valence-electron chi connectivity index (χ3n) is 6.45. The molecule has 28 heavy (non-hydrogen) atoms. The Labute approximate surface area is 165 Å². The van der Waals surface area contributed by atoms with E-state index < -0.39 is 15.9 Å². The smallest absolute Gasteiger partial charge is 0.269 e. The van der Waals surface area contributed by atoms with Crippen molar-refractivity contribution in [1.82, 2.24) is 15.2 Å². The zero-order chi connectivity index (χ0) is 19.7. The minimum atomic E-state index is -3.58. The van der Waals surface area contributed by atoms with Crippen LogP contribution in [0.15, 0.2) is 29.2 Å². The summed E-state index contributed by atoms with van der Waals surface area (Å²) in [7, 11) is -3.58. The molecule has 3 atom stereocenters. The van der Waals surface area contributed by atoms with E-state index in [0.717, 1.165) is 25.2 Å². The van der Waals surface area contributed by atoms with E-state index in [1.165, 1.54) is 35.7 Å². The molecule has 0 unspecified atom stereocenters. The van der Waals surface area contributed by atoms with Gasteiger partial charge in [0.1, 0.15) is 0 Å². The van der Waals surface area contributed by atoms with Crippen molar-refractivity contribution in [3.8, 4) is 0 Å². The average molecular weight is 406 g/mol. The first kappa shape index (κ1) is 19.4. The summed E-state index contributed by atoms with van der Waals surface area (Å²) in [6.07, 6.45) is 7.00. The molecule has 1 saturated heterocycles. The van der Waals surface area contributed by atoms with Crippen LogP contribution >= 0.6 is 0 Å². The molecule has 8 heteroatoms. The minimum absolute atomic E-state index is 0.107. The van der Waals surface area contributed by atoms with Crippen LogP contribution in [-0.4, -0.2) is 37.6 Å². The van der Waals surface area contributed by atoms with Gasteiger partial charge in [-0.15, -0.1) is 0 Å². The van der Waals surface area contributed by atoms with E-state index in [0.29, 0.717) is 31.3 Å². The molecule has 152 valence electrons. The molecule has 2 amide bonds. The van der Waals surface area contributed by atoms with Crippen molar-refractivity contribution in [1.29, 1.82) is 0 Å². The zero-order valence-electron chi connectivity index (χ0n) is 15.9. The summed E-state index contributed by atoms with van der Waals surface area (Å²) in [5, 5.41) is 0. The highest BCUT2D eigenvalue weighted by Gasteiger charge is 2.40. The minimum Gasteiger partial charge on any atom is -0.273 e. The molecular formula is C20H27N3O4S. The highest BCUT2D eigenvalue weighted by molar-refractivity contribution is 7.89. The average Bonchev–Trinajstić information content (AvgIpc) is 3.44. The van der Waals surface area contributed by atoms with E-state index in [1.54, 1.807) is 12.1 Å². The van der Waals surface area contributed by atoms with Gasteiger partial charge in [-0.05, 0) is 68.1 Å². The fourth-order valence-electron chi connectivity index (χ4n) is 4.99. The summed E-state index contributed by atoms with van der Waals surface area (Å²) in [6.45, 7) is 1.02. The van der Waals surface area contributed by atoms with Crippen LogP contribution in [0.5, 0.6) is 0 Å². The molecule has 1 aliphatic heterocycles. The molecule has 0 aromatic heterocycles. The second-order valence-electron chi connectivity index (χ2n) is 8.28. The van der Waals surface area contributed by atoms with E-state index >= 15 is 0 Å². The SMILES string of the molecule is O=C(C[C@H]1C[C@H]2CC[C@@H]1C2)NNC(=O)c1cccc(S(=O)(=O)N2CCCC2)c1. The summed E-state index contributed by atoms with van der Waals surface area (Å²) < 4.78 is 26.8. The van der Waals surface area contributed by atoms with Crippen molar-refractivity contribution in [2.24, 2.45) is 17.8 Å². The van der Waals surface area contributed by atoms with Crippen LogP contribution in [0, 0.1) is 17.8 Å². The van der Waals surface area contributed by atoms with Crippen molar-refractivity contribution < 1.29 is 18.0 Å². The molecule has 4 rings (SSSR count). The second-order valence-corrected chi connectivity index (χ2v) is 10.2. The van der Waals surface area contributed by atoms with Crippen LogP contribution in [0.1, 0.15) is 55.3 Å². The summed E-state index contributed by atoms with van der Waals surface area (Å²) in [6, 6.07) is 5.96. The lowest BCUT2D eigenvalue weighted by Crippen LogP contribution is -2.42. The molecule has 1 heterocycles. The topological polar surface area (TPSA) is 95.6 Å². The Hall–Kier alpha value is -1.93. The molecule has 3 fully saturated rings. The highest BCUT2D eigenvalue weighted by Crippen LogP contribution is 2.49. The first-order chi connectivity index (χ1) is 13.4. The van der Waals surface area contributed by atoms with Gasteiger partial charge in [-0.2, -0.15) is 4.31 Å². The van der Waals surface area contributed by atoms with Gasteiger partial charge in [0, 0.05) is 25.1 Å². The molecule has 1 aromatic rings. The lowest BCUT2D eigenvalue weighted by molar-refractivity contribution is -0.123. The van der Waals surface area contributed by atoms with Gasteiger partial charge in [0.25, 0.3) is 5.91 Å². The van der Waals surface area contributed by atoms with E-state index in [2.05, 4.69) is 10.9 Å². The predicted octanol–water partition coefficient (Wildman–Crippen LogP) is 2.06. The standard InChI is InChI=1S/C20H27N3O4S/c24-19(13-17-11-14-6-7-15(17)10-14)21-22-20(25)16-4-3-5-18(12-16)28(26,27)23-8-1-2-9-23/h3-5,12,14-15,17H,1-2,6-11,13H2,(H,21,24)(H,22,25)/t14-,15+,17+/m0/s1. The van der Waals surface area contributed by atoms with Crippen LogP contribution in [0.2, 0.25) is 0 Å². The molecule has 2 N–H and O–H groups in total. The number of carbonyl (C=O) groups is 2. The molecular weight excluding hydrogens is 378 g/mol. The van der Waals surface area contributed by atoms with Gasteiger partial charge in [-0.1, -0.05) is 12.5 Å². The van der Waals surface area contributed by atoms with Gasteiger partial charge < -0.3 is 0 Å². The third kappa shape index (κ3) is 3.93. The number of rotatable bonds is 5. The van der Waals surface area contributed by atoms with Crippen molar-refractivity contribution in [3.05, 3.63) is 29.8 Å². The van der Waals surface area contributed by atoms with Gasteiger partial charge in [0.15, 0.2) is 0 Å². The summed E-state index contributed by atoms with van der Waals surface area (Å²) >= 11 is 0. The van der Waals surface area contributed by atoms with Gasteiger partial charge in [-0.3, -0.25) is 20.4 Å². The maximum Gasteiger partial charge on any atom is 0.269 e. The number of nitrogens with one attached hydrogen (secondary N) is 2. The Morgan fingerprint density at radius 1 is 1.07 bits per heavy atom. The second kappa shape index (κ2) is 7.83. The van der Waals surface area contributed by atoms with Crippen LogP contribution < -0.4 is 10.9 Å². The Kier molecular flexibility index (Phi) is 5.42. The number of hydrogen-bond donors (Lipinski definition) is 2. The van der Waals surface area contributed by atoms with Gasteiger partial charge in [0.2, 0.25) is 15.9 Å². The molecule has 3 aliphatic rings. The quantitative estimate of drug-likeness (QED) is 0.733. The van der Waals surface area contributed by atoms with Crippen molar-refractivity contribution >= 4 is 21.8 Å². The molecule has 0 radical (unpaired) electrons. The van der Waals surface area contributed by atoms with Gasteiger partial charge in [0.05, 0.1) is 4.90 Å². The molecule has 2 aliphatic carbocycles. The van der Waals surface area contributed by atoms with Gasteiger partial charge in [-0.25, -0.2) is 8.42 Å². The number of hydrazine groups is 1. The number of carbonyl (C=O) groups excluding carboxylic acids is 2. The predicted molar refractivity (Wildman–Crippen MR) is 104 cm³/mol. The van der Waals surface area contributed by atoms with Crippen LogP contribution in [0.3, 0.4) is 0 Å². The van der Waals surface area contributed by atoms with Crippen LogP contribution in [0.25, 0.3) is 0 Å². The summed E-state index contributed by atoms with van der Waals surface area (Å²) in [5.41, 5.74) is 5.11. The first-order valence-electron chi connectivity index (χ1n) is 10.1. The summed E-state index contributed by atoms with van der Waals surface area (Å²) in [5.74, 6) is 1.15. The number of sulfonamides is 1. The Morgan fingerprint density at radius 2 is 1.86 bits per heavy atom. The number of hydrogen-bond acceptors (Lipinski definition) is 4. The van der Waals surface area contributed by atoms with E-state index in [-0.39, 0.29) is 16.4 Å². The number of fused-ring (bicyclic) bond motifs is 2. The zero-order valence-corrected chi connectivity index (χ0v) is 16.7. The number of amides is 2. The van der Waals surface area contributed by atoms with Crippen molar-refractivity contribution in [3.63, 3.8) is 0 Å². The maximum atomic E-state index is 12.7. The van der Waals surface area contributed by atoms with E-state index in [4.69, 9.17) is 0 Å². The third-order valence-corrected chi connectivity index (χ3v) is 8.34.